The van der Waals surface area contributed by atoms with Crippen LogP contribution in [-0.4, -0.2) is 42.1 Å². The van der Waals surface area contributed by atoms with Crippen LogP contribution in [0.25, 0.3) is 0 Å². The van der Waals surface area contributed by atoms with E-state index in [9.17, 15) is 13.2 Å². The molecule has 0 N–H and O–H groups in total. The molecule has 0 spiro atoms. The Morgan fingerprint density at radius 3 is 2.29 bits per heavy atom. The Morgan fingerprint density at radius 2 is 1.71 bits per heavy atom. The van der Waals surface area contributed by atoms with E-state index in [0.717, 1.165) is 42.9 Å². The van der Waals surface area contributed by atoms with Crippen LogP contribution in [0.1, 0.15) is 37.8 Å². The smallest absolute Gasteiger partial charge is 0.346 e. The number of rotatable bonds is 2. The highest BCUT2D eigenvalue weighted by atomic mass is 32.1. The fraction of sp³-hybridized carbons (Fsp3) is 0.786. The summed E-state index contributed by atoms with van der Waals surface area (Å²) in [6.45, 7) is 3.43. The van der Waals surface area contributed by atoms with Crippen molar-refractivity contribution in [3.63, 3.8) is 0 Å². The van der Waals surface area contributed by atoms with Gasteiger partial charge >= 0.3 is 6.18 Å². The molecular formula is C14H20F3N3S. The molecule has 1 aromatic heterocycles. The highest BCUT2D eigenvalue weighted by molar-refractivity contribution is 7.13. The molecule has 2 fully saturated rings. The van der Waals surface area contributed by atoms with Crippen molar-refractivity contribution in [2.24, 2.45) is 0 Å². The first-order chi connectivity index (χ1) is 10.0. The lowest BCUT2D eigenvalue weighted by atomic mass is 9.94. The maximum Gasteiger partial charge on any atom is 0.434 e. The van der Waals surface area contributed by atoms with E-state index in [-0.39, 0.29) is 0 Å². The number of alkyl halides is 3. The third-order valence-electron chi connectivity index (χ3n) is 4.46. The second-order valence-electron chi connectivity index (χ2n) is 5.83. The molecule has 0 atom stereocenters. The van der Waals surface area contributed by atoms with Gasteiger partial charge < -0.3 is 4.90 Å². The monoisotopic (exact) mass is 319 g/mol. The van der Waals surface area contributed by atoms with Crippen molar-refractivity contribution in [3.05, 3.63) is 11.1 Å². The van der Waals surface area contributed by atoms with E-state index in [4.69, 9.17) is 0 Å². The summed E-state index contributed by atoms with van der Waals surface area (Å²) in [7, 11) is 0. The van der Waals surface area contributed by atoms with Gasteiger partial charge in [0.1, 0.15) is 0 Å². The number of nitrogens with zero attached hydrogens (tertiary/aromatic N) is 3. The highest BCUT2D eigenvalue weighted by Gasteiger charge is 2.35. The van der Waals surface area contributed by atoms with Crippen molar-refractivity contribution >= 4 is 16.5 Å². The van der Waals surface area contributed by atoms with E-state index in [1.54, 1.807) is 0 Å². The van der Waals surface area contributed by atoms with Crippen LogP contribution in [0.4, 0.5) is 18.3 Å². The van der Waals surface area contributed by atoms with Crippen LogP contribution < -0.4 is 4.90 Å². The molecule has 0 bridgehead atoms. The van der Waals surface area contributed by atoms with Crippen molar-refractivity contribution in [1.82, 2.24) is 9.88 Å². The number of hydrogen-bond donors (Lipinski definition) is 0. The van der Waals surface area contributed by atoms with Gasteiger partial charge in [0.25, 0.3) is 0 Å². The molecule has 7 heteroatoms. The van der Waals surface area contributed by atoms with Gasteiger partial charge in [0.15, 0.2) is 10.8 Å². The average molecular weight is 319 g/mol. The molecule has 1 saturated heterocycles. The van der Waals surface area contributed by atoms with Crippen LogP contribution in [0.5, 0.6) is 0 Å². The van der Waals surface area contributed by atoms with Crippen molar-refractivity contribution < 1.29 is 13.2 Å². The first-order valence-corrected chi connectivity index (χ1v) is 8.44. The summed E-state index contributed by atoms with van der Waals surface area (Å²) < 4.78 is 37.8. The molecule has 2 aliphatic rings. The van der Waals surface area contributed by atoms with E-state index >= 15 is 0 Å². The molecule has 2 heterocycles. The Hall–Kier alpha value is -0.820. The van der Waals surface area contributed by atoms with Crippen LogP contribution in [-0.2, 0) is 6.18 Å². The largest absolute Gasteiger partial charge is 0.434 e. The fourth-order valence-electron chi connectivity index (χ4n) is 3.26. The van der Waals surface area contributed by atoms with Crippen LogP contribution in [0.3, 0.4) is 0 Å². The molecule has 0 aromatic carbocycles. The summed E-state index contributed by atoms with van der Waals surface area (Å²) in [5.41, 5.74) is -0.766. The lowest BCUT2D eigenvalue weighted by Gasteiger charge is -2.40. The van der Waals surface area contributed by atoms with Crippen molar-refractivity contribution in [1.29, 1.82) is 0 Å². The first-order valence-electron chi connectivity index (χ1n) is 7.56. The maximum atomic E-state index is 12.6. The molecule has 21 heavy (non-hydrogen) atoms. The zero-order valence-corrected chi connectivity index (χ0v) is 12.7. The number of hydrogen-bond acceptors (Lipinski definition) is 4. The second kappa shape index (κ2) is 6.12. The first kappa shape index (κ1) is 15.1. The fourth-order valence-corrected chi connectivity index (χ4v) is 4.15. The Balaban J connectivity index is 1.56. The predicted octanol–water partition coefficient (Wildman–Crippen LogP) is 3.62. The second-order valence-corrected chi connectivity index (χ2v) is 6.66. The zero-order chi connectivity index (χ0) is 14.9. The minimum atomic E-state index is -4.33. The SMILES string of the molecule is FC(F)(F)c1csc(N2CCN(C3CCCCC3)CC2)n1. The molecule has 1 aromatic rings. The standard InChI is InChI=1S/C14H20F3N3S/c15-14(16,17)12-10-21-13(18-12)20-8-6-19(7-9-20)11-4-2-1-3-5-11/h10-11H,1-9H2. The summed E-state index contributed by atoms with van der Waals surface area (Å²) in [5, 5.41) is 1.62. The average Bonchev–Trinajstić information content (AvgIpc) is 2.98. The molecule has 118 valence electrons. The molecule has 1 aliphatic heterocycles. The van der Waals surface area contributed by atoms with E-state index in [1.165, 1.54) is 32.1 Å². The normalized spacial score (nSPS) is 22.7. The van der Waals surface area contributed by atoms with Crippen LogP contribution in [0, 0.1) is 0 Å². The third kappa shape index (κ3) is 3.51. The number of aromatic nitrogens is 1. The van der Waals surface area contributed by atoms with E-state index in [0.29, 0.717) is 11.2 Å². The van der Waals surface area contributed by atoms with Crippen molar-refractivity contribution in [2.75, 3.05) is 31.1 Å². The minimum Gasteiger partial charge on any atom is -0.346 e. The Kier molecular flexibility index (Phi) is 4.40. The number of halogens is 3. The predicted molar refractivity (Wildman–Crippen MR) is 77.8 cm³/mol. The number of anilines is 1. The minimum absolute atomic E-state index is 0.505. The van der Waals surface area contributed by atoms with Crippen molar-refractivity contribution in [3.8, 4) is 0 Å². The molecule has 3 nitrogen and oxygen atoms in total. The lowest BCUT2D eigenvalue weighted by Crippen LogP contribution is -2.50. The van der Waals surface area contributed by atoms with Gasteiger partial charge in [-0.2, -0.15) is 13.2 Å². The van der Waals surface area contributed by atoms with Gasteiger partial charge in [0.2, 0.25) is 0 Å². The Bertz CT molecular complexity index is 460. The molecular weight excluding hydrogens is 299 g/mol. The van der Waals surface area contributed by atoms with E-state index in [1.807, 2.05) is 4.90 Å². The zero-order valence-electron chi connectivity index (χ0n) is 11.9. The van der Waals surface area contributed by atoms with Gasteiger partial charge in [-0.15, -0.1) is 11.3 Å². The van der Waals surface area contributed by atoms with Gasteiger partial charge in [-0.1, -0.05) is 19.3 Å². The third-order valence-corrected chi connectivity index (χ3v) is 5.36. The molecule has 0 radical (unpaired) electrons. The summed E-state index contributed by atoms with van der Waals surface area (Å²) in [5.74, 6) is 0. The Morgan fingerprint density at radius 1 is 1.05 bits per heavy atom. The molecule has 0 unspecified atom stereocenters. The van der Waals surface area contributed by atoms with Gasteiger partial charge in [0, 0.05) is 37.6 Å². The van der Waals surface area contributed by atoms with Gasteiger partial charge in [0.05, 0.1) is 0 Å². The van der Waals surface area contributed by atoms with Crippen LogP contribution in [0.15, 0.2) is 5.38 Å². The summed E-state index contributed by atoms with van der Waals surface area (Å²) in [6.07, 6.45) is 2.18. The lowest BCUT2D eigenvalue weighted by molar-refractivity contribution is -0.140. The van der Waals surface area contributed by atoms with Gasteiger partial charge in [-0.05, 0) is 12.8 Å². The highest BCUT2D eigenvalue weighted by Crippen LogP contribution is 2.33. The quantitative estimate of drug-likeness (QED) is 0.830. The van der Waals surface area contributed by atoms with Gasteiger partial charge in [-0.25, -0.2) is 4.98 Å². The number of thiazole rings is 1. The van der Waals surface area contributed by atoms with Crippen LogP contribution >= 0.6 is 11.3 Å². The summed E-state index contributed by atoms with van der Waals surface area (Å²) >= 11 is 1.10. The molecule has 1 saturated carbocycles. The molecule has 0 amide bonds. The van der Waals surface area contributed by atoms with Crippen molar-refractivity contribution in [2.45, 2.75) is 44.3 Å². The van der Waals surface area contributed by atoms with Gasteiger partial charge in [-0.3, -0.25) is 4.90 Å². The molecule has 1 aliphatic carbocycles. The summed E-state index contributed by atoms with van der Waals surface area (Å²) in [4.78, 5) is 8.24. The molecule has 3 rings (SSSR count). The van der Waals surface area contributed by atoms with E-state index in [2.05, 4.69) is 9.88 Å². The maximum absolute atomic E-state index is 12.6. The topological polar surface area (TPSA) is 19.4 Å². The van der Waals surface area contributed by atoms with E-state index < -0.39 is 11.9 Å². The Labute approximate surface area is 126 Å². The van der Waals surface area contributed by atoms with Crippen LogP contribution in [0.2, 0.25) is 0 Å². The number of piperazine rings is 1. The summed E-state index contributed by atoms with van der Waals surface area (Å²) in [6, 6.07) is 0.683.